The number of hydrogen-bond donors (Lipinski definition) is 0. The Bertz CT molecular complexity index is 182. The predicted octanol–water partition coefficient (Wildman–Crippen LogP) is 2.51. The second-order valence-corrected chi connectivity index (χ2v) is 2.73. The fraction of sp³-hybridized carbons (Fsp3) is 0.571. The SMILES string of the molecule is CC=NC=NC(=NI)C(C)C. The quantitative estimate of drug-likeness (QED) is 0.418. The molecule has 0 aromatic heterocycles. The number of nitrogens with zero attached hydrogens (tertiary/aromatic N) is 3. The van der Waals surface area contributed by atoms with Crippen LogP contribution in [0.1, 0.15) is 20.8 Å². The molecule has 0 atom stereocenters. The van der Waals surface area contributed by atoms with Gasteiger partial charge in [0.1, 0.15) is 12.2 Å². The Kier molecular flexibility index (Phi) is 6.30. The van der Waals surface area contributed by atoms with Crippen LogP contribution in [0.2, 0.25) is 0 Å². The lowest BCUT2D eigenvalue weighted by atomic mass is 10.2. The normalized spacial score (nSPS) is 14.1. The molecule has 0 radical (unpaired) electrons. The highest BCUT2D eigenvalue weighted by Gasteiger charge is 1.99. The zero-order valence-corrected chi connectivity index (χ0v) is 9.11. The minimum Gasteiger partial charge on any atom is -0.249 e. The summed E-state index contributed by atoms with van der Waals surface area (Å²) >= 11 is 1.94. The Balaban J connectivity index is 4.10. The maximum atomic E-state index is 4.05. The van der Waals surface area contributed by atoms with E-state index >= 15 is 0 Å². The van der Waals surface area contributed by atoms with E-state index in [2.05, 4.69) is 13.2 Å². The highest BCUT2D eigenvalue weighted by molar-refractivity contribution is 14.1. The van der Waals surface area contributed by atoms with Crippen molar-refractivity contribution < 1.29 is 0 Å². The molecule has 11 heavy (non-hydrogen) atoms. The minimum atomic E-state index is 0.357. The molecular formula is C7H12IN3. The van der Waals surface area contributed by atoms with Crippen LogP contribution in [0.5, 0.6) is 0 Å². The molecule has 0 unspecified atom stereocenters. The Morgan fingerprint density at radius 1 is 1.45 bits per heavy atom. The van der Waals surface area contributed by atoms with Gasteiger partial charge in [0, 0.05) is 12.1 Å². The summed E-state index contributed by atoms with van der Waals surface area (Å²) in [7, 11) is 0. The average molecular weight is 265 g/mol. The summed E-state index contributed by atoms with van der Waals surface area (Å²) in [5, 5.41) is 0. The maximum Gasteiger partial charge on any atom is 0.139 e. The smallest absolute Gasteiger partial charge is 0.139 e. The molecule has 0 saturated heterocycles. The highest BCUT2D eigenvalue weighted by Crippen LogP contribution is 2.01. The first-order chi connectivity index (χ1) is 5.22. The van der Waals surface area contributed by atoms with Crippen LogP contribution >= 0.6 is 22.9 Å². The summed E-state index contributed by atoms with van der Waals surface area (Å²) < 4.78 is 3.97. The van der Waals surface area contributed by atoms with Gasteiger partial charge in [-0.1, -0.05) is 13.8 Å². The van der Waals surface area contributed by atoms with Crippen LogP contribution in [-0.2, 0) is 0 Å². The van der Waals surface area contributed by atoms with E-state index in [1.54, 1.807) is 6.21 Å². The van der Waals surface area contributed by atoms with Crippen LogP contribution in [0, 0.1) is 5.92 Å². The molecular weight excluding hydrogens is 253 g/mol. The van der Waals surface area contributed by atoms with Gasteiger partial charge in [0.25, 0.3) is 0 Å². The van der Waals surface area contributed by atoms with Gasteiger partial charge in [0.2, 0.25) is 0 Å². The molecule has 0 rings (SSSR count). The van der Waals surface area contributed by atoms with E-state index in [4.69, 9.17) is 0 Å². The van der Waals surface area contributed by atoms with E-state index in [-0.39, 0.29) is 0 Å². The third kappa shape index (κ3) is 5.06. The Morgan fingerprint density at radius 2 is 2.09 bits per heavy atom. The number of aliphatic imine (C=N–C) groups is 2. The molecule has 0 aliphatic heterocycles. The van der Waals surface area contributed by atoms with Gasteiger partial charge in [-0.25, -0.2) is 9.98 Å². The van der Waals surface area contributed by atoms with Crippen LogP contribution in [0.4, 0.5) is 0 Å². The minimum absolute atomic E-state index is 0.357. The lowest BCUT2D eigenvalue weighted by molar-refractivity contribution is 0.878. The molecule has 0 aromatic carbocycles. The standard InChI is InChI=1S/C7H12IN3/c1-4-9-5-10-7(11-8)6(2)3/h4-6H,1-3H3. The Morgan fingerprint density at radius 3 is 2.45 bits per heavy atom. The second kappa shape index (κ2) is 6.45. The van der Waals surface area contributed by atoms with E-state index in [1.807, 2.05) is 43.6 Å². The number of rotatable bonds is 2. The second-order valence-electron chi connectivity index (χ2n) is 2.25. The first-order valence-corrected chi connectivity index (χ1v) is 4.38. The van der Waals surface area contributed by atoms with Gasteiger partial charge in [-0.3, -0.25) is 0 Å². The van der Waals surface area contributed by atoms with Crippen LogP contribution in [0.25, 0.3) is 0 Å². The van der Waals surface area contributed by atoms with Gasteiger partial charge in [0.15, 0.2) is 0 Å². The van der Waals surface area contributed by atoms with Crippen molar-refractivity contribution in [3.63, 3.8) is 0 Å². The van der Waals surface area contributed by atoms with Crippen molar-refractivity contribution in [2.24, 2.45) is 19.1 Å². The molecule has 62 valence electrons. The molecule has 0 spiro atoms. The van der Waals surface area contributed by atoms with Gasteiger partial charge in [0.05, 0.1) is 22.9 Å². The van der Waals surface area contributed by atoms with Crippen LogP contribution in [0.3, 0.4) is 0 Å². The molecule has 0 N–H and O–H groups in total. The van der Waals surface area contributed by atoms with E-state index in [1.165, 1.54) is 6.34 Å². The molecule has 0 aromatic rings. The summed E-state index contributed by atoms with van der Waals surface area (Å²) in [5.41, 5.74) is 0. The van der Waals surface area contributed by atoms with Crippen molar-refractivity contribution in [2.75, 3.05) is 0 Å². The van der Waals surface area contributed by atoms with Crippen molar-refractivity contribution in [3.05, 3.63) is 0 Å². The van der Waals surface area contributed by atoms with E-state index < -0.39 is 0 Å². The zero-order valence-electron chi connectivity index (χ0n) is 6.95. The molecule has 4 heteroatoms. The monoisotopic (exact) mass is 265 g/mol. The Hall–Kier alpha value is -0.260. The van der Waals surface area contributed by atoms with Crippen molar-refractivity contribution >= 4 is 41.3 Å². The highest BCUT2D eigenvalue weighted by atomic mass is 127. The predicted molar refractivity (Wildman–Crippen MR) is 59.0 cm³/mol. The van der Waals surface area contributed by atoms with Crippen molar-refractivity contribution in [3.8, 4) is 0 Å². The third-order valence-electron chi connectivity index (χ3n) is 1.01. The van der Waals surface area contributed by atoms with E-state index in [0.29, 0.717) is 5.92 Å². The number of hydrogen-bond acceptors (Lipinski definition) is 1. The molecule has 0 bridgehead atoms. The fourth-order valence-electron chi connectivity index (χ4n) is 0.428. The van der Waals surface area contributed by atoms with Crippen molar-refractivity contribution in [1.82, 2.24) is 0 Å². The lowest BCUT2D eigenvalue weighted by Crippen LogP contribution is -2.02. The maximum absolute atomic E-state index is 4.05. The van der Waals surface area contributed by atoms with Gasteiger partial charge in [-0.05, 0) is 6.92 Å². The van der Waals surface area contributed by atoms with Gasteiger partial charge >= 0.3 is 0 Å². The summed E-state index contributed by atoms with van der Waals surface area (Å²) in [5.74, 6) is 1.17. The van der Waals surface area contributed by atoms with Crippen LogP contribution < -0.4 is 0 Å². The van der Waals surface area contributed by atoms with Crippen molar-refractivity contribution in [1.29, 1.82) is 0 Å². The van der Waals surface area contributed by atoms with Crippen LogP contribution in [-0.4, -0.2) is 18.4 Å². The molecule has 0 amide bonds. The van der Waals surface area contributed by atoms with Crippen LogP contribution in [0.15, 0.2) is 13.2 Å². The van der Waals surface area contributed by atoms with Gasteiger partial charge in [-0.2, -0.15) is 3.21 Å². The fourth-order valence-corrected chi connectivity index (χ4v) is 1.11. The molecule has 0 fully saturated rings. The Labute approximate surface area is 81.2 Å². The molecule has 0 aliphatic rings. The molecule has 0 heterocycles. The first kappa shape index (κ1) is 10.7. The summed E-state index contributed by atoms with van der Waals surface area (Å²) in [4.78, 5) is 7.89. The van der Waals surface area contributed by atoms with Gasteiger partial charge < -0.3 is 0 Å². The topological polar surface area (TPSA) is 37.1 Å². The summed E-state index contributed by atoms with van der Waals surface area (Å²) in [6.07, 6.45) is 3.20. The van der Waals surface area contributed by atoms with Crippen molar-refractivity contribution in [2.45, 2.75) is 20.8 Å². The number of amidine groups is 1. The third-order valence-corrected chi connectivity index (χ3v) is 1.50. The largest absolute Gasteiger partial charge is 0.249 e. The molecule has 3 nitrogen and oxygen atoms in total. The summed E-state index contributed by atoms with van der Waals surface area (Å²) in [6, 6.07) is 0. The molecule has 0 aliphatic carbocycles. The lowest BCUT2D eigenvalue weighted by Gasteiger charge is -1.99. The number of halogens is 1. The average Bonchev–Trinajstić information content (AvgIpc) is 1.97. The van der Waals surface area contributed by atoms with E-state index in [0.717, 1.165) is 5.84 Å². The van der Waals surface area contributed by atoms with Gasteiger partial charge in [-0.15, -0.1) is 0 Å². The first-order valence-electron chi connectivity index (χ1n) is 3.41. The van der Waals surface area contributed by atoms with E-state index in [9.17, 15) is 0 Å². The molecule has 0 saturated carbocycles. The zero-order chi connectivity index (χ0) is 8.69. The summed E-state index contributed by atoms with van der Waals surface area (Å²) in [6.45, 7) is 5.94.